The van der Waals surface area contributed by atoms with E-state index in [1.807, 2.05) is 6.92 Å². The van der Waals surface area contributed by atoms with Gasteiger partial charge in [0.2, 0.25) is 0 Å². The number of benzene rings is 1. The molecule has 3 rings (SSSR count). The van der Waals surface area contributed by atoms with Crippen LogP contribution in [0.4, 0.5) is 0 Å². The summed E-state index contributed by atoms with van der Waals surface area (Å²) in [5, 5.41) is 14.8. The van der Waals surface area contributed by atoms with Gasteiger partial charge in [-0.3, -0.25) is 9.59 Å². The van der Waals surface area contributed by atoms with Crippen molar-refractivity contribution < 1.29 is 14.7 Å². The third-order valence-electron chi connectivity index (χ3n) is 5.64. The minimum Gasteiger partial charge on any atom is -0.508 e. The van der Waals surface area contributed by atoms with Gasteiger partial charge in [0.15, 0.2) is 0 Å². The lowest BCUT2D eigenvalue weighted by Gasteiger charge is -2.28. The van der Waals surface area contributed by atoms with Crippen molar-refractivity contribution >= 4 is 11.8 Å². The highest BCUT2D eigenvalue weighted by molar-refractivity contribution is 6.35. The summed E-state index contributed by atoms with van der Waals surface area (Å²) in [7, 11) is 0. The molecule has 2 aliphatic rings. The zero-order chi connectivity index (χ0) is 17.1. The predicted molar refractivity (Wildman–Crippen MR) is 91.4 cm³/mol. The first-order valence-electron chi connectivity index (χ1n) is 8.89. The summed E-state index contributed by atoms with van der Waals surface area (Å²) in [6.45, 7) is 2.42. The summed E-state index contributed by atoms with van der Waals surface area (Å²) in [6.07, 6.45) is 5.72. The second-order valence-electron chi connectivity index (χ2n) is 7.27. The molecule has 0 aliphatic heterocycles. The van der Waals surface area contributed by atoms with Crippen molar-refractivity contribution in [3.63, 3.8) is 0 Å². The number of carbonyl (C=O) groups excluding carboxylic acids is 2. The Morgan fingerprint density at radius 3 is 2.54 bits per heavy atom. The molecule has 24 heavy (non-hydrogen) atoms. The van der Waals surface area contributed by atoms with Crippen LogP contribution in [0.15, 0.2) is 24.3 Å². The molecule has 0 saturated heterocycles. The summed E-state index contributed by atoms with van der Waals surface area (Å²) in [4.78, 5) is 24.0. The number of aromatic hydroxyl groups is 1. The van der Waals surface area contributed by atoms with E-state index < -0.39 is 11.8 Å². The molecule has 0 heterocycles. The molecule has 4 atom stereocenters. The molecule has 2 bridgehead atoms. The Bertz CT molecular complexity index is 599. The molecular weight excluding hydrogens is 304 g/mol. The quantitative estimate of drug-likeness (QED) is 0.723. The molecule has 5 nitrogen and oxygen atoms in total. The van der Waals surface area contributed by atoms with Crippen molar-refractivity contribution in [2.75, 3.05) is 6.54 Å². The van der Waals surface area contributed by atoms with Gasteiger partial charge in [-0.15, -0.1) is 0 Å². The van der Waals surface area contributed by atoms with Crippen LogP contribution in [0.5, 0.6) is 5.75 Å². The van der Waals surface area contributed by atoms with Crippen molar-refractivity contribution in [1.29, 1.82) is 0 Å². The number of hydrogen-bond donors (Lipinski definition) is 3. The number of fused-ring (bicyclic) bond motifs is 2. The molecule has 2 aliphatic carbocycles. The normalized spacial score (nSPS) is 26.1. The third-order valence-corrected chi connectivity index (χ3v) is 5.64. The average Bonchev–Trinajstić information content (AvgIpc) is 3.19. The average molecular weight is 330 g/mol. The van der Waals surface area contributed by atoms with E-state index in [0.717, 1.165) is 17.4 Å². The summed E-state index contributed by atoms with van der Waals surface area (Å²) < 4.78 is 0. The summed E-state index contributed by atoms with van der Waals surface area (Å²) in [6, 6.07) is 6.90. The molecule has 0 spiro atoms. The fraction of sp³-hybridized carbons (Fsp3) is 0.579. The molecule has 5 heteroatoms. The Morgan fingerprint density at radius 1 is 1.17 bits per heavy atom. The van der Waals surface area contributed by atoms with E-state index in [0.29, 0.717) is 18.9 Å². The van der Waals surface area contributed by atoms with Gasteiger partial charge in [-0.2, -0.15) is 0 Å². The molecule has 1 aromatic rings. The Morgan fingerprint density at radius 2 is 1.92 bits per heavy atom. The van der Waals surface area contributed by atoms with Crippen LogP contribution in [-0.4, -0.2) is 29.5 Å². The first-order chi connectivity index (χ1) is 11.5. The van der Waals surface area contributed by atoms with Crippen molar-refractivity contribution in [2.45, 2.75) is 45.1 Å². The van der Waals surface area contributed by atoms with Crippen LogP contribution in [-0.2, 0) is 16.0 Å². The molecule has 130 valence electrons. The molecular formula is C19H26N2O3. The van der Waals surface area contributed by atoms with Gasteiger partial charge >= 0.3 is 11.8 Å². The van der Waals surface area contributed by atoms with Gasteiger partial charge in [0.05, 0.1) is 0 Å². The second-order valence-corrected chi connectivity index (χ2v) is 7.27. The SMILES string of the molecule is CC(NC(=O)C(=O)NCCc1ccc(O)cc1)C1CC2CCC1C2. The lowest BCUT2D eigenvalue weighted by Crippen LogP contribution is -2.47. The molecule has 2 amide bonds. The highest BCUT2D eigenvalue weighted by Crippen LogP contribution is 2.49. The lowest BCUT2D eigenvalue weighted by atomic mass is 9.84. The number of phenolic OH excluding ortho intramolecular Hbond substituents is 1. The fourth-order valence-electron chi connectivity index (χ4n) is 4.35. The van der Waals surface area contributed by atoms with Crippen molar-refractivity contribution in [3.8, 4) is 5.75 Å². The lowest BCUT2D eigenvalue weighted by molar-refractivity contribution is -0.139. The molecule has 2 saturated carbocycles. The van der Waals surface area contributed by atoms with Crippen LogP contribution in [0, 0.1) is 17.8 Å². The van der Waals surface area contributed by atoms with Crippen LogP contribution in [0.25, 0.3) is 0 Å². The number of phenols is 1. The van der Waals surface area contributed by atoms with Crippen molar-refractivity contribution in [1.82, 2.24) is 10.6 Å². The van der Waals surface area contributed by atoms with E-state index in [1.165, 1.54) is 25.7 Å². The molecule has 1 aromatic carbocycles. The standard InChI is InChI=1S/C19H26N2O3/c1-12(17-11-14-2-5-15(17)10-14)21-19(24)18(23)20-9-8-13-3-6-16(22)7-4-13/h3-4,6-7,12,14-15,17,22H,2,5,8-11H2,1H3,(H,20,23)(H,21,24). The highest BCUT2D eigenvalue weighted by Gasteiger charge is 2.42. The van der Waals surface area contributed by atoms with E-state index in [4.69, 9.17) is 0 Å². The zero-order valence-electron chi connectivity index (χ0n) is 14.1. The Labute approximate surface area is 142 Å². The maximum absolute atomic E-state index is 12.0. The van der Waals surface area contributed by atoms with Gasteiger partial charge in [0.25, 0.3) is 0 Å². The number of carbonyl (C=O) groups is 2. The number of hydrogen-bond acceptors (Lipinski definition) is 3. The minimum atomic E-state index is -0.566. The van der Waals surface area contributed by atoms with Gasteiger partial charge < -0.3 is 15.7 Å². The van der Waals surface area contributed by atoms with Crippen molar-refractivity contribution in [2.24, 2.45) is 17.8 Å². The van der Waals surface area contributed by atoms with E-state index in [1.54, 1.807) is 24.3 Å². The number of amides is 2. The first kappa shape index (κ1) is 16.8. The Kier molecular flexibility index (Phi) is 5.07. The molecule has 3 N–H and O–H groups in total. The number of nitrogens with one attached hydrogen (secondary N) is 2. The van der Waals surface area contributed by atoms with Crippen LogP contribution >= 0.6 is 0 Å². The summed E-state index contributed by atoms with van der Waals surface area (Å²) in [5.41, 5.74) is 1.00. The number of rotatable bonds is 5. The summed E-state index contributed by atoms with van der Waals surface area (Å²) >= 11 is 0. The van der Waals surface area contributed by atoms with Crippen LogP contribution in [0.1, 0.15) is 38.2 Å². The van der Waals surface area contributed by atoms with Gasteiger partial charge in [-0.25, -0.2) is 0 Å². The first-order valence-corrected chi connectivity index (χ1v) is 8.89. The maximum Gasteiger partial charge on any atom is 0.309 e. The largest absolute Gasteiger partial charge is 0.508 e. The predicted octanol–water partition coefficient (Wildman–Crippen LogP) is 1.99. The molecule has 2 fully saturated rings. The van der Waals surface area contributed by atoms with Gasteiger partial charge in [0.1, 0.15) is 5.75 Å². The zero-order valence-corrected chi connectivity index (χ0v) is 14.1. The van der Waals surface area contributed by atoms with Crippen LogP contribution in [0.2, 0.25) is 0 Å². The highest BCUT2D eigenvalue weighted by atomic mass is 16.3. The van der Waals surface area contributed by atoms with E-state index in [9.17, 15) is 14.7 Å². The minimum absolute atomic E-state index is 0.0654. The fourth-order valence-corrected chi connectivity index (χ4v) is 4.35. The van der Waals surface area contributed by atoms with E-state index >= 15 is 0 Å². The van der Waals surface area contributed by atoms with E-state index in [2.05, 4.69) is 10.6 Å². The maximum atomic E-state index is 12.0. The summed E-state index contributed by atoms with van der Waals surface area (Å²) in [5.74, 6) is 1.20. The van der Waals surface area contributed by atoms with Gasteiger partial charge in [-0.1, -0.05) is 18.6 Å². The van der Waals surface area contributed by atoms with Crippen LogP contribution < -0.4 is 10.6 Å². The van der Waals surface area contributed by atoms with Gasteiger partial charge in [0, 0.05) is 12.6 Å². The third kappa shape index (κ3) is 3.89. The molecule has 4 unspecified atom stereocenters. The van der Waals surface area contributed by atoms with E-state index in [-0.39, 0.29) is 11.8 Å². The monoisotopic (exact) mass is 330 g/mol. The molecule has 0 aromatic heterocycles. The Hall–Kier alpha value is -2.04. The van der Waals surface area contributed by atoms with Crippen LogP contribution in [0.3, 0.4) is 0 Å². The van der Waals surface area contributed by atoms with Gasteiger partial charge in [-0.05, 0) is 68.1 Å². The second kappa shape index (κ2) is 7.24. The Balaban J connectivity index is 1.40. The smallest absolute Gasteiger partial charge is 0.309 e. The molecule has 0 radical (unpaired) electrons. The topological polar surface area (TPSA) is 78.4 Å². The van der Waals surface area contributed by atoms with Crippen molar-refractivity contribution in [3.05, 3.63) is 29.8 Å².